The number of fused-ring (bicyclic) bond motifs is 3. The van der Waals surface area contributed by atoms with E-state index in [2.05, 4.69) is 23.6 Å². The molecule has 2 aliphatic carbocycles. The first-order valence-electron chi connectivity index (χ1n) is 13.7. The number of methoxy groups -OCH3 is 1. The van der Waals surface area contributed by atoms with Crippen molar-refractivity contribution in [1.82, 2.24) is 0 Å². The normalized spacial score (nSPS) is 25.3. The average molecular weight is 554 g/mol. The number of carbonyl (C=O) groups is 2. The van der Waals surface area contributed by atoms with Gasteiger partial charge in [-0.1, -0.05) is 29.8 Å². The second kappa shape index (κ2) is 11.2. The fourth-order valence-corrected chi connectivity index (χ4v) is 6.93. The van der Waals surface area contributed by atoms with E-state index >= 15 is 0 Å². The van der Waals surface area contributed by atoms with Crippen molar-refractivity contribution in [2.24, 2.45) is 11.8 Å². The zero-order valence-electron chi connectivity index (χ0n) is 22.3. The lowest BCUT2D eigenvalue weighted by molar-refractivity contribution is -0.147. The van der Waals surface area contributed by atoms with Gasteiger partial charge < -0.3 is 24.6 Å². The lowest BCUT2D eigenvalue weighted by Gasteiger charge is -2.45. The van der Waals surface area contributed by atoms with Crippen molar-refractivity contribution in [3.8, 4) is 5.75 Å². The molecule has 2 aromatic rings. The zero-order chi connectivity index (χ0) is 27.7. The molecule has 2 N–H and O–H groups in total. The van der Waals surface area contributed by atoms with Crippen molar-refractivity contribution in [1.29, 1.82) is 0 Å². The number of carbonyl (C=O) groups excluding carboxylic acids is 1. The van der Waals surface area contributed by atoms with Crippen molar-refractivity contribution in [3.05, 3.63) is 70.8 Å². The van der Waals surface area contributed by atoms with E-state index in [-0.39, 0.29) is 23.7 Å². The molecule has 5 rings (SSSR count). The highest BCUT2D eigenvalue weighted by molar-refractivity contribution is 6.30. The van der Waals surface area contributed by atoms with Gasteiger partial charge in [0.05, 0.1) is 37.8 Å². The van der Waals surface area contributed by atoms with Crippen LogP contribution >= 0.6 is 11.6 Å². The highest BCUT2D eigenvalue weighted by Crippen LogP contribution is 2.47. The summed E-state index contributed by atoms with van der Waals surface area (Å²) < 4.78 is 11.5. The van der Waals surface area contributed by atoms with Crippen LogP contribution in [0.2, 0.25) is 5.02 Å². The van der Waals surface area contributed by atoms with Crippen LogP contribution in [0.15, 0.2) is 49.1 Å². The summed E-state index contributed by atoms with van der Waals surface area (Å²) in [7, 11) is 1.27. The van der Waals surface area contributed by atoms with Crippen LogP contribution in [-0.2, 0) is 26.2 Å². The van der Waals surface area contributed by atoms with Gasteiger partial charge in [0.15, 0.2) is 0 Å². The smallest absolute Gasteiger partial charge is 0.313 e. The Morgan fingerprint density at radius 1 is 1.28 bits per heavy atom. The van der Waals surface area contributed by atoms with Gasteiger partial charge in [-0.05, 0) is 84.9 Å². The van der Waals surface area contributed by atoms with Crippen LogP contribution in [0.1, 0.15) is 54.7 Å². The third kappa shape index (κ3) is 5.39. The van der Waals surface area contributed by atoms with Crippen LogP contribution in [0.3, 0.4) is 0 Å². The summed E-state index contributed by atoms with van der Waals surface area (Å²) in [6, 6.07) is 11.6. The maximum atomic E-state index is 12.6. The molecule has 0 saturated heterocycles. The Morgan fingerprint density at radius 3 is 2.79 bits per heavy atom. The fourth-order valence-electron chi connectivity index (χ4n) is 6.73. The number of benzene rings is 2. The van der Waals surface area contributed by atoms with E-state index in [1.54, 1.807) is 12.1 Å². The lowest BCUT2D eigenvalue weighted by Crippen LogP contribution is -2.49. The van der Waals surface area contributed by atoms with Gasteiger partial charge in [-0.2, -0.15) is 0 Å². The van der Waals surface area contributed by atoms with Crippen molar-refractivity contribution in [2.75, 3.05) is 31.7 Å². The summed E-state index contributed by atoms with van der Waals surface area (Å²) >= 11 is 6.36. The van der Waals surface area contributed by atoms with Gasteiger partial charge in [-0.25, -0.2) is 0 Å². The number of hydrogen-bond acceptors (Lipinski definition) is 6. The molecule has 0 bridgehead atoms. The molecule has 7 nitrogen and oxygen atoms in total. The van der Waals surface area contributed by atoms with Crippen LogP contribution in [0.4, 0.5) is 5.69 Å². The number of esters is 1. The maximum Gasteiger partial charge on any atom is 0.313 e. The molecule has 1 spiro atoms. The van der Waals surface area contributed by atoms with Crippen molar-refractivity contribution < 1.29 is 29.3 Å². The summed E-state index contributed by atoms with van der Waals surface area (Å²) in [5.74, 6) is -1.46. The molecule has 2 aromatic carbocycles. The van der Waals surface area contributed by atoms with Gasteiger partial charge in [-0.3, -0.25) is 9.59 Å². The van der Waals surface area contributed by atoms with Crippen LogP contribution in [0.25, 0.3) is 0 Å². The summed E-state index contributed by atoms with van der Waals surface area (Å²) in [4.78, 5) is 26.5. The number of hydrogen-bond donors (Lipinski definition) is 2. The second-order valence-electron chi connectivity index (χ2n) is 11.2. The van der Waals surface area contributed by atoms with E-state index in [1.807, 2.05) is 18.2 Å². The number of rotatable bonds is 8. The van der Waals surface area contributed by atoms with Crippen molar-refractivity contribution >= 4 is 29.2 Å². The number of aliphatic hydroxyl groups is 1. The Kier molecular flexibility index (Phi) is 7.92. The lowest BCUT2D eigenvalue weighted by atomic mass is 9.68. The van der Waals surface area contributed by atoms with Gasteiger partial charge in [0, 0.05) is 23.5 Å². The minimum atomic E-state index is -1.07. The Morgan fingerprint density at radius 2 is 2.10 bits per heavy atom. The first kappa shape index (κ1) is 27.5. The molecule has 1 aliphatic heterocycles. The first-order valence-corrected chi connectivity index (χ1v) is 14.0. The SMILES string of the molecule is C=CC(O)[C@@H]1CC[C@H]1CN1C[C@@]2(CCCc3cc(Cl)ccc32)COc2ccc([C@@H](CC(=O)O)C(=O)OC)cc21. The van der Waals surface area contributed by atoms with Crippen molar-refractivity contribution in [2.45, 2.75) is 56.0 Å². The molecular formula is C31H36ClNO6. The number of anilines is 1. The highest BCUT2D eigenvalue weighted by atomic mass is 35.5. The molecule has 1 heterocycles. The molecule has 0 amide bonds. The monoisotopic (exact) mass is 553 g/mol. The van der Waals surface area contributed by atoms with Crippen LogP contribution in [0, 0.1) is 11.8 Å². The summed E-state index contributed by atoms with van der Waals surface area (Å²) in [5.41, 5.74) is 3.67. The Balaban J connectivity index is 1.56. The van der Waals surface area contributed by atoms with E-state index in [4.69, 9.17) is 21.1 Å². The third-order valence-corrected chi connectivity index (χ3v) is 9.17. The summed E-state index contributed by atoms with van der Waals surface area (Å²) in [6.07, 6.45) is 5.62. The number of ether oxygens (including phenoxy) is 2. The quantitative estimate of drug-likeness (QED) is 0.346. The topological polar surface area (TPSA) is 96.3 Å². The average Bonchev–Trinajstić information content (AvgIpc) is 3.06. The van der Waals surface area contributed by atoms with Gasteiger partial charge in [-0.15, -0.1) is 6.58 Å². The fraction of sp³-hybridized carbons (Fsp3) is 0.484. The minimum Gasteiger partial charge on any atom is -0.490 e. The summed E-state index contributed by atoms with van der Waals surface area (Å²) in [5, 5.41) is 20.7. The molecule has 0 radical (unpaired) electrons. The van der Waals surface area contributed by atoms with Crippen molar-refractivity contribution in [3.63, 3.8) is 0 Å². The molecule has 1 unspecified atom stereocenters. The van der Waals surface area contributed by atoms with Gasteiger partial charge in [0.2, 0.25) is 0 Å². The number of aliphatic hydroxyl groups excluding tert-OH is 1. The third-order valence-electron chi connectivity index (χ3n) is 8.94. The Hall–Kier alpha value is -3.03. The number of aryl methyl sites for hydroxylation is 1. The molecule has 39 heavy (non-hydrogen) atoms. The molecular weight excluding hydrogens is 518 g/mol. The molecule has 5 atom stereocenters. The van der Waals surface area contributed by atoms with Crippen LogP contribution in [-0.4, -0.2) is 55.1 Å². The maximum absolute atomic E-state index is 12.6. The summed E-state index contributed by atoms with van der Waals surface area (Å²) in [6.45, 7) is 5.70. The van der Waals surface area contributed by atoms with Gasteiger partial charge in [0.25, 0.3) is 0 Å². The largest absolute Gasteiger partial charge is 0.490 e. The Labute approximate surface area is 234 Å². The predicted molar refractivity (Wildman–Crippen MR) is 150 cm³/mol. The molecule has 208 valence electrons. The van der Waals surface area contributed by atoms with Crippen LogP contribution < -0.4 is 9.64 Å². The minimum absolute atomic E-state index is 0.140. The zero-order valence-corrected chi connectivity index (χ0v) is 23.0. The number of carboxylic acids is 1. The number of nitrogens with zero attached hydrogens (tertiary/aromatic N) is 1. The van der Waals surface area contributed by atoms with E-state index in [1.165, 1.54) is 18.2 Å². The Bertz CT molecular complexity index is 1260. The second-order valence-corrected chi connectivity index (χ2v) is 11.7. The van der Waals surface area contributed by atoms with Crippen LogP contribution in [0.5, 0.6) is 5.75 Å². The molecule has 8 heteroatoms. The van der Waals surface area contributed by atoms with E-state index in [9.17, 15) is 19.8 Å². The predicted octanol–water partition coefficient (Wildman–Crippen LogP) is 5.12. The number of halogens is 1. The molecule has 1 saturated carbocycles. The molecule has 0 aromatic heterocycles. The van der Waals surface area contributed by atoms with E-state index in [0.29, 0.717) is 31.0 Å². The van der Waals surface area contributed by atoms with E-state index in [0.717, 1.165) is 42.8 Å². The standard InChI is InChI=1S/C31H36ClNO6/c1-3-27(34)23-9-6-21(23)16-33-17-31(12-4-5-20-13-22(32)8-10-25(20)31)18-39-28-11-7-19(14-26(28)33)24(15-29(35)36)30(37)38-2/h3,7-8,10-11,13-14,21,23-24,27,34H,1,4-6,9,12,15-18H2,2H3,(H,35,36)/t21-,23+,24+,27?,31-/m0/s1. The number of carboxylic acid groups (broad SMARTS) is 1. The first-order chi connectivity index (χ1) is 18.7. The highest BCUT2D eigenvalue weighted by Gasteiger charge is 2.44. The van der Waals surface area contributed by atoms with Gasteiger partial charge in [0.1, 0.15) is 5.75 Å². The molecule has 1 fully saturated rings. The number of aliphatic carboxylic acids is 1. The van der Waals surface area contributed by atoms with E-state index < -0.39 is 24.0 Å². The molecule has 3 aliphatic rings. The van der Waals surface area contributed by atoms with Gasteiger partial charge >= 0.3 is 11.9 Å².